The first-order valence-electron chi connectivity index (χ1n) is 6.50. The van der Waals surface area contributed by atoms with Crippen LogP contribution in [-0.2, 0) is 4.74 Å². The summed E-state index contributed by atoms with van der Waals surface area (Å²) >= 11 is 0. The van der Waals surface area contributed by atoms with E-state index in [-0.39, 0.29) is 5.97 Å². The first-order chi connectivity index (χ1) is 9.60. The van der Waals surface area contributed by atoms with Crippen molar-refractivity contribution in [1.29, 1.82) is 0 Å². The largest absolute Gasteiger partial charge is 0.462 e. The highest BCUT2D eigenvalue weighted by molar-refractivity contribution is 5.92. The van der Waals surface area contributed by atoms with Crippen LogP contribution in [0.3, 0.4) is 0 Å². The van der Waals surface area contributed by atoms with Crippen molar-refractivity contribution in [3.05, 3.63) is 53.6 Å². The lowest BCUT2D eigenvalue weighted by Gasteiger charge is -2.11. The van der Waals surface area contributed by atoms with Crippen molar-refractivity contribution in [3.8, 4) is 0 Å². The van der Waals surface area contributed by atoms with Gasteiger partial charge in [-0.25, -0.2) is 4.79 Å². The lowest BCUT2D eigenvalue weighted by molar-refractivity contribution is 0.0526. The molecule has 104 valence electrons. The van der Waals surface area contributed by atoms with E-state index in [0.29, 0.717) is 23.5 Å². The van der Waals surface area contributed by atoms with Gasteiger partial charge in [0, 0.05) is 5.69 Å². The second-order valence-corrected chi connectivity index (χ2v) is 4.51. The van der Waals surface area contributed by atoms with Gasteiger partial charge in [0.15, 0.2) is 0 Å². The van der Waals surface area contributed by atoms with Gasteiger partial charge in [-0.15, -0.1) is 0 Å². The Kier molecular flexibility index (Phi) is 4.25. The van der Waals surface area contributed by atoms with Crippen LogP contribution in [0, 0.1) is 6.92 Å². The Balaban J connectivity index is 2.24. The molecule has 2 aromatic rings. The van der Waals surface area contributed by atoms with Gasteiger partial charge in [0.2, 0.25) is 0 Å². The molecule has 20 heavy (non-hydrogen) atoms. The summed E-state index contributed by atoms with van der Waals surface area (Å²) < 4.78 is 4.98. The molecule has 0 fully saturated rings. The quantitative estimate of drug-likeness (QED) is 0.659. The molecule has 0 amide bonds. The summed E-state index contributed by atoms with van der Waals surface area (Å²) in [6, 6.07) is 13.0. The number of carbonyl (C=O) groups excluding carboxylic acids is 1. The van der Waals surface area contributed by atoms with Gasteiger partial charge in [0.1, 0.15) is 0 Å². The summed E-state index contributed by atoms with van der Waals surface area (Å²) in [6.45, 7) is 4.16. The fourth-order valence-electron chi connectivity index (χ4n) is 1.80. The van der Waals surface area contributed by atoms with Crippen LogP contribution in [0.4, 0.5) is 17.1 Å². The maximum absolute atomic E-state index is 11.7. The fraction of sp³-hybridized carbons (Fsp3) is 0.188. The van der Waals surface area contributed by atoms with Crippen molar-refractivity contribution in [1.82, 2.24) is 0 Å². The Hall–Kier alpha value is -2.49. The van der Waals surface area contributed by atoms with Crippen molar-refractivity contribution in [2.45, 2.75) is 13.8 Å². The lowest BCUT2D eigenvalue weighted by atomic mass is 10.1. The molecule has 0 heterocycles. The van der Waals surface area contributed by atoms with Crippen molar-refractivity contribution in [2.75, 3.05) is 17.7 Å². The predicted molar refractivity (Wildman–Crippen MR) is 81.3 cm³/mol. The number of hydrogen-bond donors (Lipinski definition) is 2. The van der Waals surface area contributed by atoms with E-state index in [2.05, 4.69) is 5.32 Å². The number of rotatable bonds is 4. The molecule has 0 aliphatic rings. The van der Waals surface area contributed by atoms with E-state index in [1.54, 1.807) is 25.1 Å². The summed E-state index contributed by atoms with van der Waals surface area (Å²) in [6.07, 6.45) is 0. The number of aryl methyl sites for hydroxylation is 1. The molecule has 0 saturated heterocycles. The van der Waals surface area contributed by atoms with E-state index in [0.717, 1.165) is 5.69 Å². The molecule has 0 spiro atoms. The third-order valence-corrected chi connectivity index (χ3v) is 2.90. The zero-order valence-corrected chi connectivity index (χ0v) is 11.6. The van der Waals surface area contributed by atoms with Crippen LogP contribution in [0.25, 0.3) is 0 Å². The highest BCUT2D eigenvalue weighted by Gasteiger charge is 2.09. The molecule has 0 saturated carbocycles. The summed E-state index contributed by atoms with van der Waals surface area (Å²) in [5, 5.41) is 3.20. The lowest BCUT2D eigenvalue weighted by Crippen LogP contribution is -2.06. The third-order valence-electron chi connectivity index (χ3n) is 2.90. The Morgan fingerprint density at radius 1 is 1.20 bits per heavy atom. The van der Waals surface area contributed by atoms with Crippen LogP contribution in [0.5, 0.6) is 0 Å². The van der Waals surface area contributed by atoms with Crippen LogP contribution < -0.4 is 11.1 Å². The minimum Gasteiger partial charge on any atom is -0.462 e. The first-order valence-corrected chi connectivity index (χ1v) is 6.50. The van der Waals surface area contributed by atoms with Crippen LogP contribution in [0.1, 0.15) is 22.8 Å². The zero-order valence-electron chi connectivity index (χ0n) is 11.6. The Morgan fingerprint density at radius 2 is 1.90 bits per heavy atom. The van der Waals surface area contributed by atoms with E-state index >= 15 is 0 Å². The Labute approximate surface area is 118 Å². The van der Waals surface area contributed by atoms with Crippen LogP contribution in [0.2, 0.25) is 0 Å². The van der Waals surface area contributed by atoms with E-state index in [1.165, 1.54) is 5.56 Å². The fourth-order valence-corrected chi connectivity index (χ4v) is 1.80. The van der Waals surface area contributed by atoms with Crippen molar-refractivity contribution in [2.24, 2.45) is 0 Å². The number of anilines is 3. The highest BCUT2D eigenvalue weighted by Crippen LogP contribution is 2.25. The number of nitrogen functional groups attached to an aromatic ring is 1. The summed E-state index contributed by atoms with van der Waals surface area (Å²) in [5.74, 6) is -0.348. The van der Waals surface area contributed by atoms with Crippen LogP contribution in [-0.4, -0.2) is 12.6 Å². The van der Waals surface area contributed by atoms with Gasteiger partial charge in [-0.05, 0) is 44.2 Å². The predicted octanol–water partition coefficient (Wildman–Crippen LogP) is 3.50. The number of hydrogen-bond acceptors (Lipinski definition) is 4. The van der Waals surface area contributed by atoms with Gasteiger partial charge >= 0.3 is 5.97 Å². The van der Waals surface area contributed by atoms with Crippen molar-refractivity contribution in [3.63, 3.8) is 0 Å². The molecule has 2 rings (SSSR count). The Bertz CT molecular complexity index is 606. The topological polar surface area (TPSA) is 64.3 Å². The first kappa shape index (κ1) is 13.9. The van der Waals surface area contributed by atoms with Gasteiger partial charge in [0.05, 0.1) is 23.5 Å². The van der Waals surface area contributed by atoms with Gasteiger partial charge in [-0.2, -0.15) is 0 Å². The molecule has 0 bridgehead atoms. The van der Waals surface area contributed by atoms with E-state index < -0.39 is 0 Å². The molecule has 0 atom stereocenters. The number of nitrogens with two attached hydrogens (primary N) is 1. The molecule has 0 radical (unpaired) electrons. The number of ether oxygens (including phenoxy) is 1. The second-order valence-electron chi connectivity index (χ2n) is 4.51. The van der Waals surface area contributed by atoms with E-state index in [9.17, 15) is 4.79 Å². The third kappa shape index (κ3) is 3.29. The van der Waals surface area contributed by atoms with E-state index in [4.69, 9.17) is 10.5 Å². The van der Waals surface area contributed by atoms with Crippen LogP contribution in [0.15, 0.2) is 42.5 Å². The monoisotopic (exact) mass is 270 g/mol. The van der Waals surface area contributed by atoms with Gasteiger partial charge in [-0.3, -0.25) is 0 Å². The van der Waals surface area contributed by atoms with Gasteiger partial charge in [-0.1, -0.05) is 17.7 Å². The van der Waals surface area contributed by atoms with Gasteiger partial charge in [0.25, 0.3) is 0 Å². The maximum Gasteiger partial charge on any atom is 0.338 e. The van der Waals surface area contributed by atoms with Crippen molar-refractivity contribution < 1.29 is 9.53 Å². The molecule has 4 heteroatoms. The molecule has 0 aromatic heterocycles. The highest BCUT2D eigenvalue weighted by atomic mass is 16.5. The zero-order chi connectivity index (χ0) is 14.5. The summed E-state index contributed by atoms with van der Waals surface area (Å²) in [4.78, 5) is 11.7. The van der Waals surface area contributed by atoms with Crippen molar-refractivity contribution >= 4 is 23.0 Å². The average molecular weight is 270 g/mol. The van der Waals surface area contributed by atoms with E-state index in [1.807, 2.05) is 31.2 Å². The minimum absolute atomic E-state index is 0.348. The average Bonchev–Trinajstić information content (AvgIpc) is 2.44. The number of nitrogens with one attached hydrogen (secondary N) is 1. The standard InChI is InChI=1S/C16H18N2O2/c1-3-20-16(19)12-6-9-14(17)15(10-12)18-13-7-4-11(2)5-8-13/h4-10,18H,3,17H2,1-2H3. The molecule has 0 unspecified atom stereocenters. The van der Waals surface area contributed by atoms with Gasteiger partial charge < -0.3 is 15.8 Å². The second kappa shape index (κ2) is 6.10. The molecule has 2 aromatic carbocycles. The van der Waals surface area contributed by atoms with Crippen LogP contribution >= 0.6 is 0 Å². The number of benzene rings is 2. The smallest absolute Gasteiger partial charge is 0.338 e. The molecule has 0 aliphatic carbocycles. The number of esters is 1. The molecular formula is C16H18N2O2. The Morgan fingerprint density at radius 3 is 2.55 bits per heavy atom. The maximum atomic E-state index is 11.7. The normalized spacial score (nSPS) is 10.1. The molecular weight excluding hydrogens is 252 g/mol. The minimum atomic E-state index is -0.348. The molecule has 4 nitrogen and oxygen atoms in total. The molecule has 0 aliphatic heterocycles. The summed E-state index contributed by atoms with van der Waals surface area (Å²) in [5.41, 5.74) is 9.79. The molecule has 3 N–H and O–H groups in total. The SMILES string of the molecule is CCOC(=O)c1ccc(N)c(Nc2ccc(C)cc2)c1. The number of carbonyl (C=O) groups is 1. The summed E-state index contributed by atoms with van der Waals surface area (Å²) in [7, 11) is 0.